The zero-order valence-electron chi connectivity index (χ0n) is 22.6. The number of piperazine rings is 1. The highest BCUT2D eigenvalue weighted by molar-refractivity contribution is 7.89. The van der Waals surface area contributed by atoms with E-state index in [2.05, 4.69) is 21.4 Å². The molecule has 1 N–H and O–H groups in total. The third-order valence-electron chi connectivity index (χ3n) is 6.61. The van der Waals surface area contributed by atoms with Gasteiger partial charge in [0.05, 0.1) is 22.8 Å². The van der Waals surface area contributed by atoms with Crippen LogP contribution in [0, 0.1) is 11.3 Å². The lowest BCUT2D eigenvalue weighted by molar-refractivity contribution is 0.102. The molecule has 0 radical (unpaired) electrons. The first-order valence-electron chi connectivity index (χ1n) is 13.1. The van der Waals surface area contributed by atoms with E-state index < -0.39 is 15.9 Å². The van der Waals surface area contributed by atoms with Crippen LogP contribution in [0.1, 0.15) is 47.4 Å². The van der Waals surface area contributed by atoms with E-state index in [1.807, 2.05) is 44.3 Å². The van der Waals surface area contributed by atoms with Crippen LogP contribution in [0.4, 0.5) is 5.82 Å². The molecule has 1 aliphatic heterocycles. The number of ether oxygens (including phenoxy) is 1. The number of anilines is 1. The number of amides is 1. The number of aryl methyl sites for hydroxylation is 1. The Bertz CT molecular complexity index is 1460. The molecule has 0 saturated carbocycles. The summed E-state index contributed by atoms with van der Waals surface area (Å²) in [5, 5.41) is 17.5. The average Bonchev–Trinajstić information content (AvgIpc) is 3.25. The smallest absolute Gasteiger partial charge is 0.260 e. The number of sulfonamides is 1. The number of aromatic nitrogens is 2. The number of nitrogens with one attached hydrogen (secondary N) is 1. The molecule has 3 aromatic rings. The Morgan fingerprint density at radius 1 is 1.10 bits per heavy atom. The Labute approximate surface area is 229 Å². The molecule has 1 aromatic heterocycles. The quantitative estimate of drug-likeness (QED) is 0.411. The number of benzene rings is 2. The first-order valence-corrected chi connectivity index (χ1v) is 14.5. The molecular formula is C28H34N6O4S. The number of carbonyl (C=O) groups excluding carboxylic acids is 1. The highest BCUT2D eigenvalue weighted by atomic mass is 32.2. The van der Waals surface area contributed by atoms with Crippen molar-refractivity contribution in [3.05, 3.63) is 70.9 Å². The van der Waals surface area contributed by atoms with Crippen molar-refractivity contribution in [3.63, 3.8) is 0 Å². The Balaban J connectivity index is 1.69. The van der Waals surface area contributed by atoms with E-state index in [9.17, 15) is 18.5 Å². The second-order valence-corrected chi connectivity index (χ2v) is 11.4. The Morgan fingerprint density at radius 2 is 1.82 bits per heavy atom. The Hall–Kier alpha value is -3.72. The van der Waals surface area contributed by atoms with Crippen molar-refractivity contribution in [1.82, 2.24) is 19.0 Å². The van der Waals surface area contributed by atoms with Gasteiger partial charge in [-0.2, -0.15) is 14.7 Å². The molecule has 2 aromatic carbocycles. The minimum atomic E-state index is -3.80. The van der Waals surface area contributed by atoms with Gasteiger partial charge in [0.25, 0.3) is 5.91 Å². The fourth-order valence-corrected chi connectivity index (χ4v) is 5.97. The summed E-state index contributed by atoms with van der Waals surface area (Å²) in [5.74, 6) is -0.0316. The lowest BCUT2D eigenvalue weighted by Crippen LogP contribution is -2.47. The van der Waals surface area contributed by atoms with Crippen molar-refractivity contribution in [3.8, 4) is 11.8 Å². The predicted molar refractivity (Wildman–Crippen MR) is 148 cm³/mol. The van der Waals surface area contributed by atoms with E-state index in [0.29, 0.717) is 51.4 Å². The van der Waals surface area contributed by atoms with Gasteiger partial charge in [-0.15, -0.1) is 0 Å². The number of rotatable bonds is 10. The molecular weight excluding hydrogens is 516 g/mol. The normalized spacial score (nSPS) is 14.6. The Morgan fingerprint density at radius 3 is 2.46 bits per heavy atom. The number of nitriles is 1. The van der Waals surface area contributed by atoms with Gasteiger partial charge in [0.2, 0.25) is 10.0 Å². The van der Waals surface area contributed by atoms with Gasteiger partial charge in [0.15, 0.2) is 0 Å². The van der Waals surface area contributed by atoms with Crippen LogP contribution in [0.3, 0.4) is 0 Å². The minimum absolute atomic E-state index is 0.0213. The van der Waals surface area contributed by atoms with E-state index in [0.717, 1.165) is 12.0 Å². The molecule has 0 atom stereocenters. The summed E-state index contributed by atoms with van der Waals surface area (Å²) < 4.78 is 35.5. The lowest BCUT2D eigenvalue weighted by Gasteiger charge is -2.31. The largest absolute Gasteiger partial charge is 0.493 e. The average molecular weight is 551 g/mol. The summed E-state index contributed by atoms with van der Waals surface area (Å²) in [6.07, 6.45) is 1.18. The lowest BCUT2D eigenvalue weighted by atomic mass is 10.1. The van der Waals surface area contributed by atoms with Crippen LogP contribution in [-0.4, -0.2) is 73.1 Å². The topological polar surface area (TPSA) is 121 Å². The first kappa shape index (κ1) is 28.3. The van der Waals surface area contributed by atoms with Gasteiger partial charge < -0.3 is 15.0 Å². The summed E-state index contributed by atoms with van der Waals surface area (Å²) in [4.78, 5) is 15.7. The number of likely N-dealkylation sites (N-methyl/N-ethyl adjacent to an activating group) is 1. The standard InChI is InChI=1S/C28H34N6O4S/c1-4-13-34-27(24(20-29)25(31-34)18-21-9-7-6-8-10-21)30-28(35)23-19-22(11-12-26(23)38-5-2)39(36,37)33-16-14-32(3)15-17-33/h6-12,19H,4-5,13-18H2,1-3H3,(H,30,35). The molecule has 1 amide bonds. The van der Waals surface area contributed by atoms with Gasteiger partial charge in [-0.3, -0.25) is 4.79 Å². The van der Waals surface area contributed by atoms with Gasteiger partial charge in [-0.05, 0) is 44.2 Å². The molecule has 206 valence electrons. The molecule has 1 fully saturated rings. The number of hydrogen-bond donors (Lipinski definition) is 1. The van der Waals surface area contributed by atoms with E-state index in [4.69, 9.17) is 4.74 Å². The highest BCUT2D eigenvalue weighted by Gasteiger charge is 2.29. The molecule has 4 rings (SSSR count). The SMILES string of the molecule is CCCn1nc(Cc2ccccc2)c(C#N)c1NC(=O)c1cc(S(=O)(=O)N2CCN(C)CC2)ccc1OCC. The van der Waals surface area contributed by atoms with Crippen LogP contribution >= 0.6 is 0 Å². The van der Waals surface area contributed by atoms with Crippen LogP contribution in [0.5, 0.6) is 5.75 Å². The van der Waals surface area contributed by atoms with Crippen LogP contribution in [0.2, 0.25) is 0 Å². The predicted octanol–water partition coefficient (Wildman–Crippen LogP) is 3.34. The second-order valence-electron chi connectivity index (χ2n) is 9.42. The minimum Gasteiger partial charge on any atom is -0.493 e. The van der Waals surface area contributed by atoms with Gasteiger partial charge >= 0.3 is 0 Å². The van der Waals surface area contributed by atoms with E-state index in [1.165, 1.54) is 22.5 Å². The van der Waals surface area contributed by atoms with Crippen molar-refractivity contribution in [2.75, 3.05) is 45.2 Å². The number of hydrogen-bond acceptors (Lipinski definition) is 7. The van der Waals surface area contributed by atoms with Gasteiger partial charge in [-0.25, -0.2) is 13.1 Å². The maximum Gasteiger partial charge on any atom is 0.260 e. The van der Waals surface area contributed by atoms with Crippen LogP contribution in [-0.2, 0) is 23.0 Å². The van der Waals surface area contributed by atoms with Crippen LogP contribution in [0.25, 0.3) is 0 Å². The molecule has 0 unspecified atom stereocenters. The maximum atomic E-state index is 13.6. The fourth-order valence-electron chi connectivity index (χ4n) is 4.52. The van der Waals surface area contributed by atoms with Crippen molar-refractivity contribution in [1.29, 1.82) is 5.26 Å². The maximum absolute atomic E-state index is 13.6. The zero-order valence-corrected chi connectivity index (χ0v) is 23.4. The van der Waals surface area contributed by atoms with Gasteiger partial charge in [-0.1, -0.05) is 37.3 Å². The zero-order chi connectivity index (χ0) is 28.0. The Kier molecular flexibility index (Phi) is 9.01. The summed E-state index contributed by atoms with van der Waals surface area (Å²) in [6.45, 7) is 6.57. The summed E-state index contributed by atoms with van der Waals surface area (Å²) >= 11 is 0. The van der Waals surface area contributed by atoms with Crippen molar-refractivity contribution in [2.45, 2.75) is 38.1 Å². The number of nitrogens with zero attached hydrogens (tertiary/aromatic N) is 5. The molecule has 1 saturated heterocycles. The number of carbonyl (C=O) groups is 1. The third-order valence-corrected chi connectivity index (χ3v) is 8.51. The van der Waals surface area contributed by atoms with Crippen molar-refractivity contribution >= 4 is 21.7 Å². The van der Waals surface area contributed by atoms with Crippen LogP contribution in [0.15, 0.2) is 53.4 Å². The van der Waals surface area contributed by atoms with E-state index >= 15 is 0 Å². The first-order chi connectivity index (χ1) is 18.8. The van der Waals surface area contributed by atoms with Crippen molar-refractivity contribution in [2.24, 2.45) is 0 Å². The fraction of sp³-hybridized carbons (Fsp3) is 0.393. The molecule has 0 bridgehead atoms. The molecule has 0 spiro atoms. The molecule has 39 heavy (non-hydrogen) atoms. The molecule has 1 aliphatic rings. The molecule has 2 heterocycles. The molecule has 11 heteroatoms. The summed E-state index contributed by atoms with van der Waals surface area (Å²) in [6, 6.07) is 16.2. The third kappa shape index (κ3) is 6.30. The summed E-state index contributed by atoms with van der Waals surface area (Å²) in [5.41, 5.74) is 1.90. The second kappa shape index (κ2) is 12.4. The molecule has 10 nitrogen and oxygen atoms in total. The van der Waals surface area contributed by atoms with Gasteiger partial charge in [0.1, 0.15) is 23.2 Å². The monoisotopic (exact) mass is 550 g/mol. The van der Waals surface area contributed by atoms with E-state index in [1.54, 1.807) is 11.6 Å². The van der Waals surface area contributed by atoms with Gasteiger partial charge in [0, 0.05) is 39.1 Å². The molecule has 0 aliphatic carbocycles. The summed E-state index contributed by atoms with van der Waals surface area (Å²) in [7, 11) is -1.85. The van der Waals surface area contributed by atoms with Crippen molar-refractivity contribution < 1.29 is 17.9 Å². The van der Waals surface area contributed by atoms with Crippen LogP contribution < -0.4 is 10.1 Å². The highest BCUT2D eigenvalue weighted by Crippen LogP contribution is 2.28. The van der Waals surface area contributed by atoms with E-state index in [-0.39, 0.29) is 27.6 Å².